The molecule has 2 aliphatic heterocycles. The van der Waals surface area contributed by atoms with Crippen LogP contribution in [0.4, 0.5) is 5.69 Å². The number of hydrogen-bond acceptors (Lipinski definition) is 5. The largest absolute Gasteiger partial charge is 0.369 e. The number of fused-ring (bicyclic) bond motifs is 2. The maximum absolute atomic E-state index is 4.63. The van der Waals surface area contributed by atoms with Crippen molar-refractivity contribution in [3.63, 3.8) is 0 Å². The van der Waals surface area contributed by atoms with Crippen LogP contribution in [0.3, 0.4) is 0 Å². The molecule has 0 aliphatic carbocycles. The molecule has 0 amide bonds. The summed E-state index contributed by atoms with van der Waals surface area (Å²) >= 11 is 1.61. The third kappa shape index (κ3) is 3.21. The Balaban J connectivity index is 1.46. The minimum atomic E-state index is 0.699. The third-order valence-electron chi connectivity index (χ3n) is 5.08. The van der Waals surface area contributed by atoms with Crippen LogP contribution in [0.1, 0.15) is 19.3 Å². The highest BCUT2D eigenvalue weighted by molar-refractivity contribution is 7.99. The second-order valence-corrected chi connectivity index (χ2v) is 7.45. The summed E-state index contributed by atoms with van der Waals surface area (Å²) < 4.78 is 0. The Labute approximate surface area is 141 Å². The van der Waals surface area contributed by atoms with E-state index in [1.165, 1.54) is 24.9 Å². The molecule has 0 radical (unpaired) electrons. The van der Waals surface area contributed by atoms with E-state index >= 15 is 0 Å². The number of pyridine rings is 2. The highest BCUT2D eigenvalue weighted by Crippen LogP contribution is 2.31. The first-order valence-corrected chi connectivity index (χ1v) is 9.13. The molecule has 0 N–H and O–H groups in total. The first-order chi connectivity index (χ1) is 11.3. The van der Waals surface area contributed by atoms with E-state index in [0.717, 1.165) is 29.2 Å². The van der Waals surface area contributed by atoms with Gasteiger partial charge in [0.25, 0.3) is 0 Å². The van der Waals surface area contributed by atoms with Gasteiger partial charge in [0, 0.05) is 31.4 Å². The van der Waals surface area contributed by atoms with E-state index in [4.69, 9.17) is 0 Å². The van der Waals surface area contributed by atoms with Crippen LogP contribution < -0.4 is 4.90 Å². The van der Waals surface area contributed by atoms with Gasteiger partial charge in [0.1, 0.15) is 10.1 Å². The van der Waals surface area contributed by atoms with Crippen LogP contribution in [0.2, 0.25) is 0 Å². The SMILES string of the molecule is CN1C2CCC1CN(c1ccc(Sc3ccccn3)nc1)CC2. The predicted molar refractivity (Wildman–Crippen MR) is 94.0 cm³/mol. The molecule has 2 bridgehead atoms. The van der Waals surface area contributed by atoms with Crippen molar-refractivity contribution in [1.82, 2.24) is 14.9 Å². The second-order valence-electron chi connectivity index (χ2n) is 6.41. The van der Waals surface area contributed by atoms with Crippen molar-refractivity contribution in [1.29, 1.82) is 0 Å². The first kappa shape index (κ1) is 15.0. The molecular weight excluding hydrogens is 304 g/mol. The minimum absolute atomic E-state index is 0.699. The van der Waals surface area contributed by atoms with Gasteiger partial charge in [-0.2, -0.15) is 0 Å². The normalized spacial score (nSPS) is 24.7. The van der Waals surface area contributed by atoms with Gasteiger partial charge in [0.15, 0.2) is 0 Å². The topological polar surface area (TPSA) is 32.3 Å². The van der Waals surface area contributed by atoms with Crippen LogP contribution in [-0.2, 0) is 0 Å². The van der Waals surface area contributed by atoms with Crippen molar-refractivity contribution in [2.45, 2.75) is 41.4 Å². The Hall–Kier alpha value is -1.59. The Morgan fingerprint density at radius 1 is 1.00 bits per heavy atom. The van der Waals surface area contributed by atoms with Crippen molar-refractivity contribution in [2.75, 3.05) is 25.0 Å². The van der Waals surface area contributed by atoms with Gasteiger partial charge in [0.2, 0.25) is 0 Å². The monoisotopic (exact) mass is 326 g/mol. The van der Waals surface area contributed by atoms with Crippen LogP contribution >= 0.6 is 11.8 Å². The molecule has 2 aliphatic rings. The van der Waals surface area contributed by atoms with Gasteiger partial charge in [-0.05, 0) is 50.6 Å². The molecule has 0 aromatic carbocycles. The Morgan fingerprint density at radius 2 is 1.87 bits per heavy atom. The highest BCUT2D eigenvalue weighted by atomic mass is 32.2. The Morgan fingerprint density at radius 3 is 2.65 bits per heavy atom. The zero-order chi connectivity index (χ0) is 15.6. The van der Waals surface area contributed by atoms with Crippen molar-refractivity contribution < 1.29 is 0 Å². The fraction of sp³-hybridized carbons (Fsp3) is 0.444. The molecule has 0 saturated carbocycles. The summed E-state index contributed by atoms with van der Waals surface area (Å²) in [6.07, 6.45) is 7.80. The van der Waals surface area contributed by atoms with Gasteiger partial charge in [-0.15, -0.1) is 0 Å². The lowest BCUT2D eigenvalue weighted by Crippen LogP contribution is -2.36. The predicted octanol–water partition coefficient (Wildman–Crippen LogP) is 3.30. The van der Waals surface area contributed by atoms with Gasteiger partial charge >= 0.3 is 0 Å². The van der Waals surface area contributed by atoms with Crippen molar-refractivity contribution in [3.05, 3.63) is 42.7 Å². The van der Waals surface area contributed by atoms with Gasteiger partial charge in [0.05, 0.1) is 11.9 Å². The van der Waals surface area contributed by atoms with Crippen LogP contribution in [0, 0.1) is 0 Å². The van der Waals surface area contributed by atoms with E-state index in [0.29, 0.717) is 6.04 Å². The molecule has 0 spiro atoms. The van der Waals surface area contributed by atoms with Gasteiger partial charge < -0.3 is 4.90 Å². The van der Waals surface area contributed by atoms with Gasteiger partial charge in [-0.3, -0.25) is 4.90 Å². The number of hydrogen-bond donors (Lipinski definition) is 0. The fourth-order valence-corrected chi connectivity index (χ4v) is 4.39. The van der Waals surface area contributed by atoms with E-state index in [9.17, 15) is 0 Å². The molecule has 4 nitrogen and oxygen atoms in total. The molecule has 2 atom stereocenters. The quantitative estimate of drug-likeness (QED) is 0.864. The molecule has 23 heavy (non-hydrogen) atoms. The summed E-state index contributed by atoms with van der Waals surface area (Å²) in [5, 5.41) is 1.99. The zero-order valence-corrected chi connectivity index (χ0v) is 14.2. The standard InChI is InChI=1S/C18H22N4S/c1-21-14-5-6-16(21)13-22(11-9-14)15-7-8-18(20-12-15)23-17-4-2-3-10-19-17/h2-4,7-8,10,12,14,16H,5-6,9,11,13H2,1H3. The number of nitrogens with zero attached hydrogens (tertiary/aromatic N) is 4. The average molecular weight is 326 g/mol. The lowest BCUT2D eigenvalue weighted by molar-refractivity contribution is 0.254. The van der Waals surface area contributed by atoms with Crippen LogP contribution in [0.5, 0.6) is 0 Å². The molecule has 2 aromatic heterocycles. The molecule has 120 valence electrons. The smallest absolute Gasteiger partial charge is 0.102 e. The molecule has 2 aromatic rings. The average Bonchev–Trinajstić information content (AvgIpc) is 2.82. The van der Waals surface area contributed by atoms with Crippen LogP contribution in [0.15, 0.2) is 52.8 Å². The minimum Gasteiger partial charge on any atom is -0.369 e. The van der Waals surface area contributed by atoms with Gasteiger partial charge in [-0.25, -0.2) is 9.97 Å². The summed E-state index contributed by atoms with van der Waals surface area (Å²) in [7, 11) is 2.29. The van der Waals surface area contributed by atoms with Crippen LogP contribution in [0.25, 0.3) is 0 Å². The van der Waals surface area contributed by atoms with Crippen molar-refractivity contribution in [2.24, 2.45) is 0 Å². The molecule has 2 unspecified atom stereocenters. The zero-order valence-electron chi connectivity index (χ0n) is 13.4. The number of anilines is 1. The second kappa shape index (κ2) is 6.49. The third-order valence-corrected chi connectivity index (χ3v) is 5.98. The van der Waals surface area contributed by atoms with E-state index in [1.54, 1.807) is 11.8 Å². The maximum atomic E-state index is 4.63. The molecule has 4 rings (SSSR count). The van der Waals surface area contributed by atoms with E-state index < -0.39 is 0 Å². The van der Waals surface area contributed by atoms with E-state index in [-0.39, 0.29) is 0 Å². The van der Waals surface area contributed by atoms with E-state index in [1.807, 2.05) is 30.6 Å². The molecule has 4 heterocycles. The lowest BCUT2D eigenvalue weighted by Gasteiger charge is -2.27. The number of likely N-dealkylation sites (N-methyl/N-ethyl adjacent to an activating group) is 1. The summed E-state index contributed by atoms with van der Waals surface area (Å²) in [5.41, 5.74) is 1.25. The summed E-state index contributed by atoms with van der Waals surface area (Å²) in [6, 6.07) is 11.7. The van der Waals surface area contributed by atoms with Crippen LogP contribution in [-0.4, -0.2) is 47.1 Å². The summed E-state index contributed by atoms with van der Waals surface area (Å²) in [4.78, 5) is 14.1. The summed E-state index contributed by atoms with van der Waals surface area (Å²) in [5.74, 6) is 0. The number of rotatable bonds is 3. The fourth-order valence-electron chi connectivity index (χ4n) is 3.68. The van der Waals surface area contributed by atoms with E-state index in [2.05, 4.69) is 38.9 Å². The Bertz CT molecular complexity index is 646. The maximum Gasteiger partial charge on any atom is 0.102 e. The van der Waals surface area contributed by atoms with Crippen molar-refractivity contribution >= 4 is 17.4 Å². The Kier molecular flexibility index (Phi) is 4.23. The van der Waals surface area contributed by atoms with Crippen molar-refractivity contribution in [3.8, 4) is 0 Å². The highest BCUT2D eigenvalue weighted by Gasteiger charge is 2.34. The molecule has 2 fully saturated rings. The summed E-state index contributed by atoms with van der Waals surface area (Å²) in [6.45, 7) is 2.27. The molecular formula is C18H22N4S. The first-order valence-electron chi connectivity index (χ1n) is 8.31. The lowest BCUT2D eigenvalue weighted by atomic mass is 10.1. The molecule has 5 heteroatoms. The molecule has 2 saturated heterocycles. The number of aromatic nitrogens is 2. The van der Waals surface area contributed by atoms with Gasteiger partial charge in [-0.1, -0.05) is 17.8 Å².